The maximum atomic E-state index is 3.28. The van der Waals surface area contributed by atoms with Crippen molar-refractivity contribution in [1.82, 2.24) is 10.2 Å². The van der Waals surface area contributed by atoms with E-state index in [0.29, 0.717) is 0 Å². The maximum Gasteiger partial charge on any atom is -0.00489 e. The Labute approximate surface area is 78.3 Å². The third-order valence-electron chi connectivity index (χ3n) is 1.21. The van der Waals surface area contributed by atoms with Gasteiger partial charge in [-0.1, -0.05) is 20.3 Å². The normalized spacial score (nSPS) is 15.5. The lowest BCUT2D eigenvalue weighted by atomic mass is 10.2. The van der Waals surface area contributed by atoms with Crippen LogP contribution in [0.25, 0.3) is 0 Å². The van der Waals surface area contributed by atoms with E-state index in [4.69, 9.17) is 0 Å². The van der Waals surface area contributed by atoms with Gasteiger partial charge in [0.25, 0.3) is 0 Å². The molecule has 12 heavy (non-hydrogen) atoms. The monoisotopic (exact) mass is 174 g/mol. The standard InChI is InChI=1S/C5H11N.C3H9N.C2H6/c1-2-4-6-5-3-1;1-4(2)3;1-2/h6H,1-5H2;1-3H3;1-2H3. The average molecular weight is 174 g/mol. The van der Waals surface area contributed by atoms with Crippen LogP contribution in [0.15, 0.2) is 0 Å². The molecule has 0 aliphatic carbocycles. The summed E-state index contributed by atoms with van der Waals surface area (Å²) in [6, 6.07) is 0. The van der Waals surface area contributed by atoms with Gasteiger partial charge in [0.15, 0.2) is 0 Å². The second-order valence-corrected chi connectivity index (χ2v) is 3.15. The maximum absolute atomic E-state index is 3.28. The van der Waals surface area contributed by atoms with Gasteiger partial charge in [-0.15, -0.1) is 0 Å². The summed E-state index contributed by atoms with van der Waals surface area (Å²) in [7, 11) is 6.00. The molecule has 0 bridgehead atoms. The van der Waals surface area contributed by atoms with Crippen molar-refractivity contribution in [2.45, 2.75) is 33.1 Å². The molecular formula is C10H26N2. The Morgan fingerprint density at radius 3 is 1.25 bits per heavy atom. The second-order valence-electron chi connectivity index (χ2n) is 3.15. The summed E-state index contributed by atoms with van der Waals surface area (Å²) in [6.45, 7) is 6.50. The zero-order chi connectivity index (χ0) is 9.82. The minimum absolute atomic E-state index is 1.25. The Balaban J connectivity index is 0. The fraction of sp³-hybridized carbons (Fsp3) is 1.00. The Morgan fingerprint density at radius 2 is 1.17 bits per heavy atom. The van der Waals surface area contributed by atoms with Crippen molar-refractivity contribution < 1.29 is 0 Å². The van der Waals surface area contributed by atoms with E-state index in [-0.39, 0.29) is 0 Å². The Kier molecular flexibility index (Phi) is 16.3. The number of rotatable bonds is 0. The molecule has 1 heterocycles. The molecule has 0 radical (unpaired) electrons. The molecule has 1 aliphatic rings. The molecule has 0 aromatic heterocycles. The molecule has 2 nitrogen and oxygen atoms in total. The molecule has 0 unspecified atom stereocenters. The number of piperidine rings is 1. The van der Waals surface area contributed by atoms with Crippen LogP contribution in [-0.2, 0) is 0 Å². The molecule has 1 aliphatic heterocycles. The molecule has 1 fully saturated rings. The van der Waals surface area contributed by atoms with Gasteiger partial charge in [-0.05, 0) is 47.1 Å². The average Bonchev–Trinajstić information content (AvgIpc) is 2.10. The largest absolute Gasteiger partial charge is 0.317 e. The van der Waals surface area contributed by atoms with E-state index >= 15 is 0 Å². The minimum Gasteiger partial charge on any atom is -0.317 e. The SMILES string of the molecule is C1CCNCC1.CC.CN(C)C. The molecule has 2 heteroatoms. The number of hydrogen-bond acceptors (Lipinski definition) is 2. The topological polar surface area (TPSA) is 15.3 Å². The van der Waals surface area contributed by atoms with Gasteiger partial charge in [-0.2, -0.15) is 0 Å². The van der Waals surface area contributed by atoms with E-state index in [9.17, 15) is 0 Å². The first-order chi connectivity index (χ1) is 5.73. The van der Waals surface area contributed by atoms with Crippen molar-refractivity contribution in [2.24, 2.45) is 0 Å². The zero-order valence-corrected chi connectivity index (χ0v) is 9.48. The third-order valence-corrected chi connectivity index (χ3v) is 1.21. The van der Waals surface area contributed by atoms with Crippen LogP contribution in [0.2, 0.25) is 0 Å². The number of nitrogens with zero attached hydrogens (tertiary/aromatic N) is 1. The van der Waals surface area contributed by atoms with Crippen LogP contribution >= 0.6 is 0 Å². The summed E-state index contributed by atoms with van der Waals surface area (Å²) in [5.41, 5.74) is 0. The fourth-order valence-electron chi connectivity index (χ4n) is 0.802. The Hall–Kier alpha value is -0.0800. The zero-order valence-electron chi connectivity index (χ0n) is 9.48. The van der Waals surface area contributed by atoms with Gasteiger partial charge in [0.05, 0.1) is 0 Å². The highest BCUT2D eigenvalue weighted by atomic mass is 15.0. The summed E-state index contributed by atoms with van der Waals surface area (Å²) >= 11 is 0. The molecule has 0 spiro atoms. The van der Waals surface area contributed by atoms with Crippen LogP contribution in [0.5, 0.6) is 0 Å². The molecular weight excluding hydrogens is 148 g/mol. The van der Waals surface area contributed by atoms with Gasteiger partial charge in [0, 0.05) is 0 Å². The van der Waals surface area contributed by atoms with E-state index in [1.807, 2.05) is 39.9 Å². The molecule has 0 aromatic rings. The van der Waals surface area contributed by atoms with Gasteiger partial charge >= 0.3 is 0 Å². The quantitative estimate of drug-likeness (QED) is 0.604. The molecule has 0 aromatic carbocycles. The van der Waals surface area contributed by atoms with E-state index in [1.165, 1.54) is 32.4 Å². The van der Waals surface area contributed by atoms with Crippen molar-refractivity contribution in [1.29, 1.82) is 0 Å². The smallest absolute Gasteiger partial charge is 0.00489 e. The molecule has 0 atom stereocenters. The molecule has 1 saturated heterocycles. The van der Waals surface area contributed by atoms with Crippen LogP contribution < -0.4 is 5.32 Å². The molecule has 76 valence electrons. The first-order valence-corrected chi connectivity index (χ1v) is 5.05. The number of hydrogen-bond donors (Lipinski definition) is 1. The van der Waals surface area contributed by atoms with Crippen LogP contribution in [0.3, 0.4) is 0 Å². The minimum atomic E-state index is 1.25. The van der Waals surface area contributed by atoms with Crippen molar-refractivity contribution in [3.05, 3.63) is 0 Å². The summed E-state index contributed by atoms with van der Waals surface area (Å²) in [5.74, 6) is 0. The Bertz CT molecular complexity index is 44.6. The van der Waals surface area contributed by atoms with Gasteiger partial charge < -0.3 is 10.2 Å². The van der Waals surface area contributed by atoms with Crippen molar-refractivity contribution in [3.8, 4) is 0 Å². The molecule has 1 rings (SSSR count). The van der Waals surface area contributed by atoms with Gasteiger partial charge in [0.1, 0.15) is 0 Å². The Morgan fingerprint density at radius 1 is 0.833 bits per heavy atom. The first-order valence-electron chi connectivity index (χ1n) is 5.05. The first kappa shape index (κ1) is 14.4. The summed E-state index contributed by atoms with van der Waals surface area (Å²) in [4.78, 5) is 2.00. The predicted molar refractivity (Wildman–Crippen MR) is 57.7 cm³/mol. The van der Waals surface area contributed by atoms with Crippen LogP contribution in [0.4, 0.5) is 0 Å². The summed E-state index contributed by atoms with van der Waals surface area (Å²) < 4.78 is 0. The molecule has 1 N–H and O–H groups in total. The highest BCUT2D eigenvalue weighted by molar-refractivity contribution is 4.55. The second kappa shape index (κ2) is 13.5. The molecule has 0 amide bonds. The lowest BCUT2D eigenvalue weighted by Gasteiger charge is -2.08. The van der Waals surface area contributed by atoms with Crippen LogP contribution in [-0.4, -0.2) is 39.1 Å². The van der Waals surface area contributed by atoms with Gasteiger partial charge in [-0.3, -0.25) is 0 Å². The lowest BCUT2D eigenvalue weighted by molar-refractivity contribution is 0.505. The van der Waals surface area contributed by atoms with Crippen LogP contribution in [0.1, 0.15) is 33.1 Å². The highest BCUT2D eigenvalue weighted by Gasteiger charge is 1.93. The van der Waals surface area contributed by atoms with Gasteiger partial charge in [0.2, 0.25) is 0 Å². The highest BCUT2D eigenvalue weighted by Crippen LogP contribution is 1.96. The van der Waals surface area contributed by atoms with E-state index < -0.39 is 0 Å². The van der Waals surface area contributed by atoms with E-state index in [2.05, 4.69) is 5.32 Å². The van der Waals surface area contributed by atoms with E-state index in [0.717, 1.165) is 0 Å². The van der Waals surface area contributed by atoms with Crippen molar-refractivity contribution in [2.75, 3.05) is 34.2 Å². The van der Waals surface area contributed by atoms with Crippen LogP contribution in [0, 0.1) is 0 Å². The number of nitrogens with one attached hydrogen (secondary N) is 1. The summed E-state index contributed by atoms with van der Waals surface area (Å²) in [5, 5.41) is 3.28. The van der Waals surface area contributed by atoms with E-state index in [1.54, 1.807) is 0 Å². The summed E-state index contributed by atoms with van der Waals surface area (Å²) in [6.07, 6.45) is 4.22. The molecule has 0 saturated carbocycles. The third kappa shape index (κ3) is 22.5. The van der Waals surface area contributed by atoms with Gasteiger partial charge in [-0.25, -0.2) is 0 Å². The predicted octanol–water partition coefficient (Wildman–Crippen LogP) is 1.96. The van der Waals surface area contributed by atoms with Crippen molar-refractivity contribution in [3.63, 3.8) is 0 Å². The van der Waals surface area contributed by atoms with Crippen molar-refractivity contribution >= 4 is 0 Å². The fourth-order valence-corrected chi connectivity index (χ4v) is 0.802. The lowest BCUT2D eigenvalue weighted by Crippen LogP contribution is -2.21.